The van der Waals surface area contributed by atoms with Crippen LogP contribution in [0, 0.1) is 10.1 Å². The van der Waals surface area contributed by atoms with E-state index < -0.39 is 4.92 Å². The summed E-state index contributed by atoms with van der Waals surface area (Å²) in [4.78, 5) is 17.6. The van der Waals surface area contributed by atoms with E-state index in [1.165, 1.54) is 6.07 Å². The van der Waals surface area contributed by atoms with Gasteiger partial charge in [-0.05, 0) is 55.2 Å². The van der Waals surface area contributed by atoms with Crippen LogP contribution < -0.4 is 4.74 Å². The third-order valence-corrected chi connectivity index (χ3v) is 6.18. The number of nitro benzene ring substituents is 1. The summed E-state index contributed by atoms with van der Waals surface area (Å²) in [5, 5.41) is 11.8. The predicted octanol–water partition coefficient (Wildman–Crippen LogP) is 5.68. The van der Waals surface area contributed by atoms with Crippen molar-refractivity contribution < 1.29 is 14.4 Å². The fourth-order valence-electron chi connectivity index (χ4n) is 4.15. The fourth-order valence-corrected chi connectivity index (χ4v) is 4.28. The molecule has 3 aromatic rings. The molecule has 1 fully saturated rings. The van der Waals surface area contributed by atoms with Gasteiger partial charge in [-0.2, -0.15) is 0 Å². The summed E-state index contributed by atoms with van der Waals surface area (Å²) < 4.78 is 12.2. The molecule has 0 bridgehead atoms. The van der Waals surface area contributed by atoms with E-state index in [-0.39, 0.29) is 17.9 Å². The van der Waals surface area contributed by atoms with Crippen molar-refractivity contribution in [3.05, 3.63) is 99.3 Å². The van der Waals surface area contributed by atoms with Gasteiger partial charge in [0.15, 0.2) is 5.75 Å². The van der Waals surface area contributed by atoms with E-state index >= 15 is 0 Å². The third-order valence-electron chi connectivity index (χ3n) is 5.93. The zero-order valence-corrected chi connectivity index (χ0v) is 19.6. The zero-order valence-electron chi connectivity index (χ0n) is 18.9. The lowest BCUT2D eigenvalue weighted by Gasteiger charge is -2.34. The Balaban J connectivity index is 1.26. The van der Waals surface area contributed by atoms with Crippen molar-refractivity contribution in [3.63, 3.8) is 0 Å². The Kier molecular flexibility index (Phi) is 8.46. The van der Waals surface area contributed by atoms with Crippen LogP contribution in [0.2, 0.25) is 5.02 Å². The Morgan fingerprint density at radius 3 is 2.50 bits per heavy atom. The van der Waals surface area contributed by atoms with Crippen molar-refractivity contribution >= 4 is 17.3 Å². The summed E-state index contributed by atoms with van der Waals surface area (Å²) in [6.45, 7) is 3.20. The van der Waals surface area contributed by atoms with Crippen LogP contribution in [-0.2, 0) is 4.74 Å². The quantitative estimate of drug-likeness (QED) is 0.210. The summed E-state index contributed by atoms with van der Waals surface area (Å²) in [6.07, 6.45) is 4.37. The SMILES string of the molecule is O=[N+]([O-])c1ccccc1OCCCN1CCC(OC(c2ccc(Cl)cc2)c2ccccn2)CC1. The molecule has 1 aliphatic rings. The lowest BCUT2D eigenvalue weighted by molar-refractivity contribution is -0.385. The lowest BCUT2D eigenvalue weighted by Crippen LogP contribution is -2.38. The highest BCUT2D eigenvalue weighted by molar-refractivity contribution is 6.30. The second-order valence-electron chi connectivity index (χ2n) is 8.29. The average Bonchev–Trinajstić information content (AvgIpc) is 2.87. The summed E-state index contributed by atoms with van der Waals surface area (Å²) >= 11 is 6.08. The van der Waals surface area contributed by atoms with Crippen LogP contribution in [0.3, 0.4) is 0 Å². The van der Waals surface area contributed by atoms with Gasteiger partial charge in [0, 0.05) is 36.9 Å². The highest BCUT2D eigenvalue weighted by atomic mass is 35.5. The first-order chi connectivity index (χ1) is 16.6. The molecule has 1 aromatic heterocycles. The fraction of sp³-hybridized carbons (Fsp3) is 0.346. The number of benzene rings is 2. The number of aromatic nitrogens is 1. The number of nitro groups is 1. The number of rotatable bonds is 10. The maximum atomic E-state index is 11.1. The van der Waals surface area contributed by atoms with Crippen molar-refractivity contribution in [2.24, 2.45) is 0 Å². The minimum Gasteiger partial charge on any atom is -0.487 e. The Morgan fingerprint density at radius 1 is 1.06 bits per heavy atom. The standard InChI is InChI=1S/C26H28ClN3O4/c27-21-11-9-20(10-12-21)26(23-6-3-4-15-28-23)34-22-13-17-29(18-14-22)16-5-19-33-25-8-2-1-7-24(25)30(31)32/h1-4,6-12,15,22,26H,5,13-14,16-19H2. The Labute approximate surface area is 204 Å². The maximum absolute atomic E-state index is 11.1. The monoisotopic (exact) mass is 481 g/mol. The van der Waals surface area contributed by atoms with Crippen molar-refractivity contribution in [3.8, 4) is 5.75 Å². The van der Waals surface area contributed by atoms with Gasteiger partial charge in [-0.15, -0.1) is 0 Å². The summed E-state index contributed by atoms with van der Waals surface area (Å²) in [7, 11) is 0. The molecule has 8 heteroatoms. The highest BCUT2D eigenvalue weighted by Crippen LogP contribution is 2.30. The van der Waals surface area contributed by atoms with Crippen LogP contribution in [0.25, 0.3) is 0 Å². The molecule has 1 aliphatic heterocycles. The number of halogens is 1. The van der Waals surface area contributed by atoms with Crippen LogP contribution in [0.1, 0.15) is 36.6 Å². The Hall–Kier alpha value is -3.00. The second-order valence-corrected chi connectivity index (χ2v) is 8.73. The minimum atomic E-state index is -0.414. The van der Waals surface area contributed by atoms with Crippen LogP contribution in [0.4, 0.5) is 5.69 Å². The predicted molar refractivity (Wildman–Crippen MR) is 131 cm³/mol. The molecule has 0 N–H and O–H groups in total. The van der Waals surface area contributed by atoms with Gasteiger partial charge in [0.2, 0.25) is 0 Å². The van der Waals surface area contributed by atoms with Gasteiger partial charge in [0.1, 0.15) is 6.10 Å². The van der Waals surface area contributed by atoms with E-state index in [0.29, 0.717) is 17.4 Å². The largest absolute Gasteiger partial charge is 0.487 e. The molecule has 1 unspecified atom stereocenters. The molecule has 4 rings (SSSR count). The van der Waals surface area contributed by atoms with Gasteiger partial charge in [-0.3, -0.25) is 15.1 Å². The summed E-state index contributed by atoms with van der Waals surface area (Å²) in [5.41, 5.74) is 1.93. The molecule has 1 atom stereocenters. The van der Waals surface area contributed by atoms with Gasteiger partial charge in [-0.1, -0.05) is 41.9 Å². The van der Waals surface area contributed by atoms with E-state index in [1.54, 1.807) is 24.4 Å². The number of nitrogens with zero attached hydrogens (tertiary/aromatic N) is 3. The molecule has 0 spiro atoms. The first-order valence-electron chi connectivity index (χ1n) is 11.5. The van der Waals surface area contributed by atoms with Gasteiger partial charge in [0.25, 0.3) is 0 Å². The minimum absolute atomic E-state index is 0.00334. The van der Waals surface area contributed by atoms with Gasteiger partial charge in [0.05, 0.1) is 23.3 Å². The maximum Gasteiger partial charge on any atom is 0.310 e. The number of pyridine rings is 1. The molecule has 0 amide bonds. The second kappa shape index (κ2) is 11.9. The Morgan fingerprint density at radius 2 is 1.79 bits per heavy atom. The summed E-state index contributed by atoms with van der Waals surface area (Å²) in [5.74, 6) is 0.322. The first kappa shape index (κ1) is 24.1. The molecule has 0 aliphatic carbocycles. The molecule has 34 heavy (non-hydrogen) atoms. The van der Waals surface area contributed by atoms with Crippen molar-refractivity contribution in [1.29, 1.82) is 0 Å². The van der Waals surface area contributed by atoms with Crippen LogP contribution >= 0.6 is 11.6 Å². The average molecular weight is 482 g/mol. The number of para-hydroxylation sites is 2. The molecule has 178 valence electrons. The van der Waals surface area contributed by atoms with Crippen LogP contribution in [0.5, 0.6) is 5.75 Å². The highest BCUT2D eigenvalue weighted by Gasteiger charge is 2.25. The zero-order chi connectivity index (χ0) is 23.8. The van der Waals surface area contributed by atoms with E-state index in [1.807, 2.05) is 42.5 Å². The normalized spacial score (nSPS) is 15.7. The van der Waals surface area contributed by atoms with E-state index in [0.717, 1.165) is 50.2 Å². The number of likely N-dealkylation sites (tertiary alicyclic amines) is 1. The molecule has 0 saturated carbocycles. The smallest absolute Gasteiger partial charge is 0.310 e. The topological polar surface area (TPSA) is 77.7 Å². The first-order valence-corrected chi connectivity index (χ1v) is 11.9. The third kappa shape index (κ3) is 6.53. The Bertz CT molecular complexity index is 1060. The lowest BCUT2D eigenvalue weighted by atomic mass is 10.0. The van der Waals surface area contributed by atoms with Crippen LogP contribution in [-0.4, -0.2) is 47.2 Å². The number of hydrogen-bond donors (Lipinski definition) is 0. The molecular formula is C26H28ClN3O4. The van der Waals surface area contributed by atoms with E-state index in [4.69, 9.17) is 21.1 Å². The number of ether oxygens (including phenoxy) is 2. The molecule has 0 radical (unpaired) electrons. The molecule has 2 heterocycles. The van der Waals surface area contributed by atoms with Gasteiger partial charge in [-0.25, -0.2) is 0 Å². The molecule has 1 saturated heterocycles. The van der Waals surface area contributed by atoms with E-state index in [2.05, 4.69) is 9.88 Å². The number of hydrogen-bond acceptors (Lipinski definition) is 6. The van der Waals surface area contributed by atoms with Crippen LogP contribution in [0.15, 0.2) is 72.9 Å². The molecule has 7 nitrogen and oxygen atoms in total. The van der Waals surface area contributed by atoms with Gasteiger partial charge < -0.3 is 14.4 Å². The van der Waals surface area contributed by atoms with Gasteiger partial charge >= 0.3 is 5.69 Å². The number of piperidine rings is 1. The molecule has 2 aromatic carbocycles. The summed E-state index contributed by atoms with van der Waals surface area (Å²) in [6, 6.07) is 20.1. The molecular weight excluding hydrogens is 454 g/mol. The van der Waals surface area contributed by atoms with E-state index in [9.17, 15) is 10.1 Å². The van der Waals surface area contributed by atoms with Crippen molar-refractivity contribution in [2.45, 2.75) is 31.5 Å². The van der Waals surface area contributed by atoms with Crippen molar-refractivity contribution in [1.82, 2.24) is 9.88 Å². The van der Waals surface area contributed by atoms with Crippen molar-refractivity contribution in [2.75, 3.05) is 26.2 Å².